The van der Waals surface area contributed by atoms with Gasteiger partial charge >= 0.3 is 0 Å². The first kappa shape index (κ1) is 10.3. The second-order valence-electron chi connectivity index (χ2n) is 4.53. The van der Waals surface area contributed by atoms with Crippen molar-refractivity contribution in [2.24, 2.45) is 0 Å². The summed E-state index contributed by atoms with van der Waals surface area (Å²) in [6, 6.07) is 17.6. The number of benzene rings is 3. The Labute approximate surface area is 102 Å². The van der Waals surface area contributed by atoms with Crippen LogP contribution in [0.1, 0.15) is 19.8 Å². The van der Waals surface area contributed by atoms with Crippen LogP contribution in [0, 0.1) is 0 Å². The molecule has 0 unspecified atom stereocenters. The highest BCUT2D eigenvalue weighted by Crippen LogP contribution is 2.23. The predicted molar refractivity (Wildman–Crippen MR) is 76.0 cm³/mol. The van der Waals surface area contributed by atoms with Gasteiger partial charge in [-0.2, -0.15) is 0 Å². The second-order valence-corrected chi connectivity index (χ2v) is 4.53. The molecule has 17 heavy (non-hydrogen) atoms. The number of hydrogen-bond donors (Lipinski definition) is 0. The molecule has 0 N–H and O–H groups in total. The van der Waals surface area contributed by atoms with Gasteiger partial charge in [-0.25, -0.2) is 0 Å². The van der Waals surface area contributed by atoms with Crippen LogP contribution in [-0.4, -0.2) is 0 Å². The average molecular weight is 220 g/mol. The Hall–Kier alpha value is -1.82. The minimum absolute atomic E-state index is 1.15. The largest absolute Gasteiger partial charge is 0.0766 e. The van der Waals surface area contributed by atoms with Crippen LogP contribution in [0.5, 0.6) is 0 Å². The van der Waals surface area contributed by atoms with E-state index in [0.29, 0.717) is 0 Å². The Bertz CT molecular complexity index is 684. The van der Waals surface area contributed by atoms with E-state index in [-0.39, 0.29) is 0 Å². The van der Waals surface area contributed by atoms with Gasteiger partial charge in [-0.3, -0.25) is 0 Å². The first-order chi connectivity index (χ1) is 8.40. The molecular formula is C17H16. The molecule has 0 atom stereocenters. The Morgan fingerprint density at radius 2 is 1.59 bits per heavy atom. The van der Waals surface area contributed by atoms with Crippen molar-refractivity contribution in [1.82, 2.24) is 0 Å². The van der Waals surface area contributed by atoms with E-state index < -0.39 is 0 Å². The number of rotatable bonds is 2. The number of hydrogen-bond acceptors (Lipinski definition) is 0. The van der Waals surface area contributed by atoms with Crippen molar-refractivity contribution in [3.05, 3.63) is 53.7 Å². The Balaban J connectivity index is 2.45. The maximum absolute atomic E-state index is 2.35. The summed E-state index contributed by atoms with van der Waals surface area (Å²) in [6.07, 6.45) is 4.70. The van der Waals surface area contributed by atoms with Crippen LogP contribution in [0.4, 0.5) is 0 Å². The molecule has 84 valence electrons. The van der Waals surface area contributed by atoms with Crippen molar-refractivity contribution < 1.29 is 0 Å². The average Bonchev–Trinajstić information content (AvgIpc) is 2.39. The molecule has 0 heteroatoms. The third kappa shape index (κ3) is 1.70. The van der Waals surface area contributed by atoms with Gasteiger partial charge in [0.2, 0.25) is 0 Å². The molecule has 0 aliphatic heterocycles. The van der Waals surface area contributed by atoms with E-state index in [4.69, 9.17) is 0 Å². The molecule has 0 radical (unpaired) electrons. The van der Waals surface area contributed by atoms with Gasteiger partial charge in [0.1, 0.15) is 0 Å². The minimum atomic E-state index is 1.15. The van der Waals surface area contributed by atoms with Gasteiger partial charge in [0.05, 0.1) is 0 Å². The van der Waals surface area contributed by atoms with Crippen LogP contribution in [0.25, 0.3) is 27.6 Å². The van der Waals surface area contributed by atoms with Gasteiger partial charge in [-0.15, -0.1) is 0 Å². The summed E-state index contributed by atoms with van der Waals surface area (Å²) in [6.45, 7) is 2.22. The fourth-order valence-corrected chi connectivity index (χ4v) is 2.50. The molecule has 0 heterocycles. The molecule has 0 aliphatic rings. The molecule has 0 saturated heterocycles. The lowest BCUT2D eigenvalue weighted by Crippen LogP contribution is -2.01. The first-order valence-electron chi connectivity index (χ1n) is 6.30. The Kier molecular flexibility index (Phi) is 2.56. The van der Waals surface area contributed by atoms with Gasteiger partial charge in [0.25, 0.3) is 0 Å². The van der Waals surface area contributed by atoms with E-state index in [1.54, 1.807) is 0 Å². The van der Waals surface area contributed by atoms with Gasteiger partial charge in [0.15, 0.2) is 0 Å². The zero-order valence-electron chi connectivity index (χ0n) is 10.1. The summed E-state index contributed by atoms with van der Waals surface area (Å²) in [5, 5.41) is 6.84. The molecule has 3 aromatic rings. The fraction of sp³-hybridized carbons (Fsp3) is 0.176. The molecule has 3 rings (SSSR count). The molecule has 0 aliphatic carbocycles. The molecule has 3 aromatic carbocycles. The van der Waals surface area contributed by atoms with E-state index >= 15 is 0 Å². The highest BCUT2D eigenvalue weighted by atomic mass is 14.0. The van der Waals surface area contributed by atoms with Crippen LogP contribution in [0.3, 0.4) is 0 Å². The first-order valence-corrected chi connectivity index (χ1v) is 6.30. The second kappa shape index (κ2) is 4.21. The molecule has 0 saturated carbocycles. The zero-order valence-corrected chi connectivity index (χ0v) is 10.1. The van der Waals surface area contributed by atoms with Crippen molar-refractivity contribution in [1.29, 1.82) is 0 Å². The minimum Gasteiger partial charge on any atom is -0.0766 e. The molecule has 0 fully saturated rings. The van der Waals surface area contributed by atoms with Crippen molar-refractivity contribution in [3.8, 4) is 0 Å². The SMILES string of the molecule is CCCC=c1ccc2cccc3cccc1c32. The lowest BCUT2D eigenvalue weighted by molar-refractivity contribution is 0.992. The monoisotopic (exact) mass is 220 g/mol. The van der Waals surface area contributed by atoms with Crippen LogP contribution in [-0.2, 0) is 0 Å². The fourth-order valence-electron chi connectivity index (χ4n) is 2.50. The van der Waals surface area contributed by atoms with Crippen LogP contribution in [0.2, 0.25) is 0 Å². The maximum Gasteiger partial charge on any atom is -0.00330 e. The van der Waals surface area contributed by atoms with Crippen molar-refractivity contribution >= 4 is 27.6 Å². The van der Waals surface area contributed by atoms with Crippen molar-refractivity contribution in [2.45, 2.75) is 19.8 Å². The standard InChI is InChI=1S/C17H16/c1-2-3-6-13-11-12-15-8-4-7-14-9-5-10-16(13)17(14)15/h4-12H,2-3H2,1H3. The summed E-state index contributed by atoms with van der Waals surface area (Å²) >= 11 is 0. The van der Waals surface area contributed by atoms with Crippen LogP contribution >= 0.6 is 0 Å². The van der Waals surface area contributed by atoms with Gasteiger partial charge in [-0.05, 0) is 33.2 Å². The predicted octanol–water partition coefficient (Wildman–Crippen LogP) is 4.29. The normalized spacial score (nSPS) is 12.6. The summed E-state index contributed by atoms with van der Waals surface area (Å²) in [7, 11) is 0. The summed E-state index contributed by atoms with van der Waals surface area (Å²) in [5.41, 5.74) is 0. The zero-order chi connectivity index (χ0) is 11.7. The molecule has 0 spiro atoms. The molecule has 0 bridgehead atoms. The van der Waals surface area contributed by atoms with Gasteiger partial charge < -0.3 is 0 Å². The smallest absolute Gasteiger partial charge is 0.00330 e. The summed E-state index contributed by atoms with van der Waals surface area (Å²) in [5.74, 6) is 0. The molecule has 0 nitrogen and oxygen atoms in total. The third-order valence-corrected chi connectivity index (χ3v) is 3.34. The quantitative estimate of drug-likeness (QED) is 0.604. The lowest BCUT2D eigenvalue weighted by Gasteiger charge is -2.05. The van der Waals surface area contributed by atoms with Gasteiger partial charge in [-0.1, -0.05) is 68.0 Å². The number of unbranched alkanes of at least 4 members (excludes halogenated alkanes) is 1. The Morgan fingerprint density at radius 1 is 0.882 bits per heavy atom. The van der Waals surface area contributed by atoms with Gasteiger partial charge in [0, 0.05) is 0 Å². The topological polar surface area (TPSA) is 0 Å². The molecule has 0 aromatic heterocycles. The highest BCUT2D eigenvalue weighted by Gasteiger charge is 2.01. The van der Waals surface area contributed by atoms with Crippen molar-refractivity contribution in [2.75, 3.05) is 0 Å². The molecule has 0 amide bonds. The van der Waals surface area contributed by atoms with Crippen molar-refractivity contribution in [3.63, 3.8) is 0 Å². The summed E-state index contributed by atoms with van der Waals surface area (Å²) < 4.78 is 0. The van der Waals surface area contributed by atoms with Crippen LogP contribution < -0.4 is 5.22 Å². The van der Waals surface area contributed by atoms with E-state index in [9.17, 15) is 0 Å². The maximum atomic E-state index is 2.35. The Morgan fingerprint density at radius 3 is 2.35 bits per heavy atom. The third-order valence-electron chi connectivity index (χ3n) is 3.34. The van der Waals surface area contributed by atoms with E-state index in [2.05, 4.69) is 61.5 Å². The summed E-state index contributed by atoms with van der Waals surface area (Å²) in [4.78, 5) is 0. The van der Waals surface area contributed by atoms with Crippen LogP contribution in [0.15, 0.2) is 48.5 Å². The van der Waals surface area contributed by atoms with E-state index in [1.165, 1.54) is 33.2 Å². The lowest BCUT2D eigenvalue weighted by atomic mass is 9.99. The molecular weight excluding hydrogens is 204 g/mol. The van der Waals surface area contributed by atoms with E-state index in [0.717, 1.165) is 6.42 Å². The highest BCUT2D eigenvalue weighted by molar-refractivity contribution is 6.10. The van der Waals surface area contributed by atoms with E-state index in [1.807, 2.05) is 0 Å².